The van der Waals surface area contributed by atoms with Crippen molar-refractivity contribution in [2.75, 3.05) is 19.1 Å². The van der Waals surface area contributed by atoms with Crippen LogP contribution in [0.1, 0.15) is 24.3 Å². The second kappa shape index (κ2) is 5.86. The van der Waals surface area contributed by atoms with Crippen molar-refractivity contribution in [1.29, 1.82) is 0 Å². The molecule has 2 aromatic carbocycles. The highest BCUT2D eigenvalue weighted by Gasteiger charge is 2.51. The number of carbonyl (C=O) groups is 1. The monoisotopic (exact) mass is 323 g/mol. The zero-order chi connectivity index (χ0) is 16.7. The van der Waals surface area contributed by atoms with Crippen LogP contribution in [0.2, 0.25) is 0 Å². The number of benzene rings is 2. The Kier molecular flexibility index (Phi) is 3.68. The van der Waals surface area contributed by atoms with Crippen molar-refractivity contribution in [3.8, 4) is 11.5 Å². The van der Waals surface area contributed by atoms with E-state index in [4.69, 9.17) is 9.47 Å². The summed E-state index contributed by atoms with van der Waals surface area (Å²) in [5.41, 5.74) is 2.25. The lowest BCUT2D eigenvalue weighted by Gasteiger charge is -2.33. The lowest BCUT2D eigenvalue weighted by atomic mass is 9.89. The van der Waals surface area contributed by atoms with Crippen LogP contribution in [0.15, 0.2) is 48.5 Å². The topological polar surface area (TPSA) is 38.8 Å². The second-order valence-electron chi connectivity index (χ2n) is 6.52. The minimum Gasteiger partial charge on any atom is -0.497 e. The van der Waals surface area contributed by atoms with E-state index >= 15 is 0 Å². The van der Waals surface area contributed by atoms with Crippen molar-refractivity contribution >= 4 is 11.6 Å². The van der Waals surface area contributed by atoms with Gasteiger partial charge in [-0.25, -0.2) is 0 Å². The molecule has 4 heteroatoms. The number of carbonyl (C=O) groups excluding carboxylic acids is 1. The normalized spacial score (nSPS) is 25.2. The Bertz CT molecular complexity index is 738. The molecule has 0 N–H and O–H groups in total. The fourth-order valence-electron chi connectivity index (χ4n) is 4.13. The molecule has 4 rings (SSSR count). The molecule has 2 bridgehead atoms. The predicted octanol–water partition coefficient (Wildman–Crippen LogP) is 3.61. The third kappa shape index (κ3) is 2.33. The van der Waals surface area contributed by atoms with Crippen LogP contribution in [0, 0.1) is 5.92 Å². The highest BCUT2D eigenvalue weighted by Crippen LogP contribution is 2.49. The average Bonchev–Trinajstić information content (AvgIpc) is 3.20. The maximum Gasteiger partial charge on any atom is 0.230 e. The van der Waals surface area contributed by atoms with Gasteiger partial charge in [0.2, 0.25) is 5.91 Å². The Hall–Kier alpha value is -2.49. The molecule has 2 aliphatic rings. The van der Waals surface area contributed by atoms with Crippen molar-refractivity contribution in [3.63, 3.8) is 0 Å². The van der Waals surface area contributed by atoms with Gasteiger partial charge in [-0.05, 0) is 54.8 Å². The minimum atomic E-state index is 0.143. The van der Waals surface area contributed by atoms with Gasteiger partial charge in [0, 0.05) is 23.6 Å². The van der Waals surface area contributed by atoms with Crippen molar-refractivity contribution in [1.82, 2.24) is 0 Å². The summed E-state index contributed by atoms with van der Waals surface area (Å²) in [4.78, 5) is 14.7. The summed E-state index contributed by atoms with van der Waals surface area (Å²) in [5, 5.41) is 0. The van der Waals surface area contributed by atoms with Gasteiger partial charge in [-0.2, -0.15) is 0 Å². The number of hydrogen-bond donors (Lipinski definition) is 0. The van der Waals surface area contributed by atoms with Crippen LogP contribution < -0.4 is 14.4 Å². The molecule has 1 heterocycles. The van der Waals surface area contributed by atoms with Crippen LogP contribution in [0.5, 0.6) is 11.5 Å². The molecule has 4 nitrogen and oxygen atoms in total. The van der Waals surface area contributed by atoms with Gasteiger partial charge < -0.3 is 14.4 Å². The number of methoxy groups -OCH3 is 2. The highest BCUT2D eigenvalue weighted by molar-refractivity contribution is 5.99. The van der Waals surface area contributed by atoms with Crippen LogP contribution in [-0.2, 0) is 4.79 Å². The Morgan fingerprint density at radius 3 is 2.00 bits per heavy atom. The third-order valence-corrected chi connectivity index (χ3v) is 5.34. The molecule has 1 saturated carbocycles. The maximum absolute atomic E-state index is 12.7. The van der Waals surface area contributed by atoms with E-state index in [1.807, 2.05) is 41.3 Å². The molecule has 2 aromatic rings. The van der Waals surface area contributed by atoms with Gasteiger partial charge in [0.15, 0.2) is 0 Å². The first kappa shape index (κ1) is 15.1. The van der Waals surface area contributed by atoms with Gasteiger partial charge in [0.1, 0.15) is 11.5 Å². The molecule has 124 valence electrons. The summed E-state index contributed by atoms with van der Waals surface area (Å²) in [6.07, 6.45) is 1.89. The van der Waals surface area contributed by atoms with Crippen molar-refractivity contribution < 1.29 is 14.3 Å². The van der Waals surface area contributed by atoms with E-state index in [-0.39, 0.29) is 17.9 Å². The number of piperidine rings is 1. The molecule has 24 heavy (non-hydrogen) atoms. The number of rotatable bonds is 4. The Labute approximate surface area is 142 Å². The maximum atomic E-state index is 12.7. The van der Waals surface area contributed by atoms with Crippen molar-refractivity contribution in [2.24, 2.45) is 5.92 Å². The molecule has 2 fully saturated rings. The highest BCUT2D eigenvalue weighted by atomic mass is 16.5. The van der Waals surface area contributed by atoms with Crippen LogP contribution in [0.3, 0.4) is 0 Å². The summed E-state index contributed by atoms with van der Waals surface area (Å²) < 4.78 is 10.5. The zero-order valence-corrected chi connectivity index (χ0v) is 13.9. The first-order valence-corrected chi connectivity index (χ1v) is 8.32. The smallest absolute Gasteiger partial charge is 0.230 e. The van der Waals surface area contributed by atoms with E-state index in [1.54, 1.807) is 14.2 Å². The van der Waals surface area contributed by atoms with E-state index in [1.165, 1.54) is 5.56 Å². The molecular formula is C20H21NO3. The van der Waals surface area contributed by atoms with Gasteiger partial charge in [-0.3, -0.25) is 4.79 Å². The zero-order valence-electron chi connectivity index (χ0n) is 13.9. The van der Waals surface area contributed by atoms with Crippen LogP contribution in [0.4, 0.5) is 5.69 Å². The predicted molar refractivity (Wildman–Crippen MR) is 92.7 cm³/mol. The quantitative estimate of drug-likeness (QED) is 0.863. The molecule has 1 amide bonds. The summed E-state index contributed by atoms with van der Waals surface area (Å²) in [7, 11) is 3.33. The van der Waals surface area contributed by atoms with E-state index < -0.39 is 0 Å². The first-order chi connectivity index (χ1) is 11.7. The van der Waals surface area contributed by atoms with Gasteiger partial charge in [-0.1, -0.05) is 12.1 Å². The molecule has 0 radical (unpaired) electrons. The standard InChI is InChI=1S/C20H21NO3/c1-23-16-7-3-13(4-8-16)18-11-14-12-19(18)21(20(14)22)15-5-9-17(24-2)10-6-15/h3-10,14,18-19H,11-12H2,1-2H3/t14-,18+,19-/m0/s1. The summed E-state index contributed by atoms with van der Waals surface area (Å²) >= 11 is 0. The number of hydrogen-bond acceptors (Lipinski definition) is 3. The van der Waals surface area contributed by atoms with Crippen molar-refractivity contribution in [3.05, 3.63) is 54.1 Å². The Morgan fingerprint density at radius 2 is 1.46 bits per heavy atom. The minimum absolute atomic E-state index is 0.143. The molecule has 0 spiro atoms. The molecule has 0 unspecified atom stereocenters. The largest absolute Gasteiger partial charge is 0.497 e. The Balaban J connectivity index is 1.62. The molecular weight excluding hydrogens is 302 g/mol. The summed E-state index contributed by atoms with van der Waals surface area (Å²) in [6.45, 7) is 0. The fourth-order valence-corrected chi connectivity index (χ4v) is 4.13. The first-order valence-electron chi connectivity index (χ1n) is 8.32. The van der Waals surface area contributed by atoms with Crippen LogP contribution in [0.25, 0.3) is 0 Å². The van der Waals surface area contributed by atoms with Gasteiger partial charge in [-0.15, -0.1) is 0 Å². The van der Waals surface area contributed by atoms with Gasteiger partial charge in [0.25, 0.3) is 0 Å². The third-order valence-electron chi connectivity index (χ3n) is 5.34. The number of anilines is 1. The van der Waals surface area contributed by atoms with Gasteiger partial charge in [0.05, 0.1) is 14.2 Å². The average molecular weight is 323 g/mol. The molecule has 1 saturated heterocycles. The molecule has 1 aliphatic carbocycles. The van der Waals surface area contributed by atoms with Crippen molar-refractivity contribution in [2.45, 2.75) is 24.8 Å². The van der Waals surface area contributed by atoms with Crippen LogP contribution in [-0.4, -0.2) is 26.2 Å². The number of ether oxygens (including phenoxy) is 2. The Morgan fingerprint density at radius 1 is 0.875 bits per heavy atom. The lowest BCUT2D eigenvalue weighted by molar-refractivity contribution is -0.121. The number of fused-ring (bicyclic) bond motifs is 2. The van der Waals surface area contributed by atoms with Gasteiger partial charge >= 0.3 is 0 Å². The summed E-state index contributed by atoms with van der Waals surface area (Å²) in [6, 6.07) is 16.3. The summed E-state index contributed by atoms with van der Waals surface area (Å²) in [5.74, 6) is 2.46. The van der Waals surface area contributed by atoms with E-state index in [0.717, 1.165) is 30.0 Å². The number of amides is 1. The lowest BCUT2D eigenvalue weighted by Crippen LogP contribution is -2.41. The molecule has 1 aliphatic heterocycles. The molecule has 3 atom stereocenters. The van der Waals surface area contributed by atoms with E-state index in [0.29, 0.717) is 5.92 Å². The number of nitrogens with zero attached hydrogens (tertiary/aromatic N) is 1. The SMILES string of the molecule is COc1ccc([C@H]2C[C@H]3C[C@@H]2N(c2ccc(OC)cc2)C3=O)cc1. The second-order valence-corrected chi connectivity index (χ2v) is 6.52. The fraction of sp³-hybridized carbons (Fsp3) is 0.350. The van der Waals surface area contributed by atoms with E-state index in [9.17, 15) is 4.79 Å². The van der Waals surface area contributed by atoms with Crippen LogP contribution >= 0.6 is 0 Å². The van der Waals surface area contributed by atoms with E-state index in [2.05, 4.69) is 12.1 Å². The molecule has 0 aromatic heterocycles.